The molecule has 1 saturated heterocycles. The number of sulfonamides is 1. The van der Waals surface area contributed by atoms with Crippen molar-refractivity contribution in [3.63, 3.8) is 0 Å². The fraction of sp³-hybridized carbons (Fsp3) is 0.333. The second kappa shape index (κ2) is 9.07. The average molecular weight is 503 g/mol. The number of carboxylic acid groups (broad SMARTS) is 1. The molecule has 0 radical (unpaired) electrons. The van der Waals surface area contributed by atoms with Gasteiger partial charge in [-0.25, -0.2) is 12.8 Å². The van der Waals surface area contributed by atoms with Crippen molar-refractivity contribution >= 4 is 45.0 Å². The van der Waals surface area contributed by atoms with Gasteiger partial charge in [0.25, 0.3) is 0 Å². The molecule has 2 aromatic carbocycles. The molecule has 3 rings (SSSR count). The normalized spacial score (nSPS) is 21.3. The summed E-state index contributed by atoms with van der Waals surface area (Å²) in [6.45, 7) is 1.40. The zero-order chi connectivity index (χ0) is 23.8. The number of hydrogen-bond acceptors (Lipinski definition) is 5. The van der Waals surface area contributed by atoms with Gasteiger partial charge in [0.2, 0.25) is 10.0 Å². The molecule has 11 heteroatoms. The highest BCUT2D eigenvalue weighted by atomic mass is 35.5. The fourth-order valence-electron chi connectivity index (χ4n) is 4.02. The van der Waals surface area contributed by atoms with Gasteiger partial charge in [0, 0.05) is 16.6 Å². The zero-order valence-corrected chi connectivity index (χ0v) is 19.3. The molecule has 172 valence electrons. The van der Waals surface area contributed by atoms with Gasteiger partial charge in [0.05, 0.1) is 16.5 Å². The third-order valence-electron chi connectivity index (χ3n) is 5.69. The maximum absolute atomic E-state index is 13.5. The van der Waals surface area contributed by atoms with Crippen molar-refractivity contribution in [1.82, 2.24) is 4.31 Å². The molecule has 0 aliphatic carbocycles. The van der Waals surface area contributed by atoms with E-state index in [1.807, 2.05) is 0 Å². The Morgan fingerprint density at radius 3 is 2.25 bits per heavy atom. The van der Waals surface area contributed by atoms with E-state index in [2.05, 4.69) is 0 Å². The summed E-state index contributed by atoms with van der Waals surface area (Å²) >= 11 is 11.9. The van der Waals surface area contributed by atoms with E-state index in [-0.39, 0.29) is 33.5 Å². The Morgan fingerprint density at radius 2 is 1.72 bits per heavy atom. The number of carboxylic acids is 1. The highest BCUT2D eigenvalue weighted by molar-refractivity contribution is 7.89. The van der Waals surface area contributed by atoms with Crippen LogP contribution in [0.25, 0.3) is 0 Å². The van der Waals surface area contributed by atoms with Crippen molar-refractivity contribution in [2.24, 2.45) is 11.7 Å². The van der Waals surface area contributed by atoms with Gasteiger partial charge >= 0.3 is 5.97 Å². The Balaban J connectivity index is 2.02. The summed E-state index contributed by atoms with van der Waals surface area (Å²) in [6, 6.07) is 7.30. The number of hydrogen-bond donors (Lipinski definition) is 2. The number of rotatable bonds is 7. The van der Waals surface area contributed by atoms with E-state index >= 15 is 0 Å². The van der Waals surface area contributed by atoms with Crippen LogP contribution in [0.2, 0.25) is 10.0 Å². The van der Waals surface area contributed by atoms with Gasteiger partial charge in [-0.05, 0) is 55.7 Å². The standard InChI is InChI=1S/C21H21Cl2FN2O5S/c1-21(19(27)17(20(28)29)18(25)12-3-5-15(24)6-4-12)7-2-8-26(21)32(30,31)16-10-13(22)9-14(23)11-16/h3-6,9-11,17-18H,2,7-8,25H2,1H3,(H,28,29). The first-order chi connectivity index (χ1) is 14.9. The Hall–Kier alpha value is -2.04. The molecule has 0 spiro atoms. The van der Waals surface area contributed by atoms with E-state index in [9.17, 15) is 27.5 Å². The molecule has 3 unspecified atom stereocenters. The molecule has 3 atom stereocenters. The first kappa shape index (κ1) is 24.6. The second-order valence-electron chi connectivity index (χ2n) is 7.82. The Labute approximate surface area is 195 Å². The molecule has 3 N–H and O–H groups in total. The lowest BCUT2D eigenvalue weighted by molar-refractivity contribution is -0.150. The number of ketones is 1. The molecule has 1 heterocycles. The first-order valence-corrected chi connectivity index (χ1v) is 11.8. The van der Waals surface area contributed by atoms with E-state index in [4.69, 9.17) is 28.9 Å². The molecule has 0 saturated carbocycles. The molecule has 0 amide bonds. The lowest BCUT2D eigenvalue weighted by Crippen LogP contribution is -2.55. The lowest BCUT2D eigenvalue weighted by Gasteiger charge is -2.36. The van der Waals surface area contributed by atoms with Gasteiger partial charge in [0.15, 0.2) is 5.78 Å². The maximum Gasteiger partial charge on any atom is 0.316 e. The van der Waals surface area contributed by atoms with Crippen LogP contribution in [0, 0.1) is 11.7 Å². The fourth-order valence-corrected chi connectivity index (χ4v) is 6.56. The summed E-state index contributed by atoms with van der Waals surface area (Å²) in [4.78, 5) is 25.4. The number of halogens is 3. The lowest BCUT2D eigenvalue weighted by atomic mass is 9.80. The highest BCUT2D eigenvalue weighted by Crippen LogP contribution is 2.39. The van der Waals surface area contributed by atoms with Crippen LogP contribution in [0.15, 0.2) is 47.4 Å². The predicted molar refractivity (Wildman–Crippen MR) is 117 cm³/mol. The molecule has 0 bridgehead atoms. The minimum Gasteiger partial charge on any atom is -0.481 e. The van der Waals surface area contributed by atoms with Crippen molar-refractivity contribution < 1.29 is 27.5 Å². The molecule has 1 fully saturated rings. The van der Waals surface area contributed by atoms with Crippen molar-refractivity contribution in [2.45, 2.75) is 36.2 Å². The van der Waals surface area contributed by atoms with Crippen LogP contribution in [0.3, 0.4) is 0 Å². The first-order valence-electron chi connectivity index (χ1n) is 9.65. The van der Waals surface area contributed by atoms with Crippen molar-refractivity contribution in [3.8, 4) is 0 Å². The quantitative estimate of drug-likeness (QED) is 0.557. The topological polar surface area (TPSA) is 118 Å². The number of carbonyl (C=O) groups is 2. The molecule has 7 nitrogen and oxygen atoms in total. The Morgan fingerprint density at radius 1 is 1.16 bits per heavy atom. The third-order valence-corrected chi connectivity index (χ3v) is 8.13. The number of nitrogens with zero attached hydrogens (tertiary/aromatic N) is 1. The smallest absolute Gasteiger partial charge is 0.316 e. The van der Waals surface area contributed by atoms with Crippen molar-refractivity contribution in [1.29, 1.82) is 0 Å². The van der Waals surface area contributed by atoms with E-state index in [1.54, 1.807) is 0 Å². The predicted octanol–water partition coefficient (Wildman–Crippen LogP) is 3.65. The summed E-state index contributed by atoms with van der Waals surface area (Å²) in [5.41, 5.74) is 4.68. The van der Waals surface area contributed by atoms with Gasteiger partial charge in [-0.2, -0.15) is 4.31 Å². The summed E-state index contributed by atoms with van der Waals surface area (Å²) in [5, 5.41) is 10.0. The number of aliphatic carboxylic acids is 1. The Kier molecular flexibility index (Phi) is 6.97. The third kappa shape index (κ3) is 4.53. The van der Waals surface area contributed by atoms with E-state index in [0.29, 0.717) is 6.42 Å². The summed E-state index contributed by atoms with van der Waals surface area (Å²) in [5.74, 6) is -4.64. The summed E-state index contributed by atoms with van der Waals surface area (Å²) < 4.78 is 41.0. The molecular formula is C21H21Cl2FN2O5S. The molecule has 2 aromatic rings. The van der Waals surface area contributed by atoms with Crippen molar-refractivity contribution in [2.75, 3.05) is 6.54 Å². The SMILES string of the molecule is CC1(C(=O)C(C(=O)O)C(N)c2ccc(F)cc2)CCCN1S(=O)(=O)c1cc(Cl)cc(Cl)c1. The van der Waals surface area contributed by atoms with Gasteiger partial charge in [-0.1, -0.05) is 35.3 Å². The summed E-state index contributed by atoms with van der Waals surface area (Å²) in [7, 11) is -4.23. The minimum absolute atomic E-state index is 0.00678. The molecule has 0 aromatic heterocycles. The van der Waals surface area contributed by atoms with Crippen LogP contribution in [0.5, 0.6) is 0 Å². The zero-order valence-electron chi connectivity index (χ0n) is 17.0. The van der Waals surface area contributed by atoms with Crippen LogP contribution in [-0.4, -0.2) is 41.7 Å². The Bertz CT molecular complexity index is 1140. The maximum atomic E-state index is 13.5. The van der Waals surface area contributed by atoms with Gasteiger partial charge in [-0.3, -0.25) is 9.59 Å². The van der Waals surface area contributed by atoms with Crippen LogP contribution in [0.4, 0.5) is 4.39 Å². The van der Waals surface area contributed by atoms with E-state index in [1.165, 1.54) is 37.3 Å². The van der Waals surface area contributed by atoms with Gasteiger partial charge < -0.3 is 10.8 Å². The van der Waals surface area contributed by atoms with Crippen LogP contribution >= 0.6 is 23.2 Å². The number of nitrogens with two attached hydrogens (primary N) is 1. The number of benzene rings is 2. The van der Waals surface area contributed by atoms with E-state index in [0.717, 1.165) is 16.4 Å². The largest absolute Gasteiger partial charge is 0.481 e. The van der Waals surface area contributed by atoms with Crippen molar-refractivity contribution in [3.05, 3.63) is 63.9 Å². The van der Waals surface area contributed by atoms with Crippen LogP contribution < -0.4 is 5.73 Å². The second-order valence-corrected chi connectivity index (χ2v) is 10.6. The molecule has 32 heavy (non-hydrogen) atoms. The highest BCUT2D eigenvalue weighted by Gasteiger charge is 2.53. The van der Waals surface area contributed by atoms with Crippen LogP contribution in [0.1, 0.15) is 31.4 Å². The number of Topliss-reactive ketones (excluding diaryl/α,β-unsaturated/α-hetero) is 1. The van der Waals surface area contributed by atoms with Crippen LogP contribution in [-0.2, 0) is 19.6 Å². The molecule has 1 aliphatic heterocycles. The number of carbonyl (C=O) groups excluding carboxylic acids is 1. The average Bonchev–Trinajstić information content (AvgIpc) is 3.11. The van der Waals surface area contributed by atoms with Gasteiger partial charge in [0.1, 0.15) is 11.7 Å². The molecule has 1 aliphatic rings. The van der Waals surface area contributed by atoms with E-state index < -0.39 is 45.1 Å². The minimum atomic E-state index is -4.23. The summed E-state index contributed by atoms with van der Waals surface area (Å²) in [6.07, 6.45) is 0.452. The molecular weight excluding hydrogens is 482 g/mol. The monoisotopic (exact) mass is 502 g/mol. The van der Waals surface area contributed by atoms with Gasteiger partial charge in [-0.15, -0.1) is 0 Å².